The summed E-state index contributed by atoms with van der Waals surface area (Å²) >= 11 is 3.73. The molecule has 0 aliphatic rings. The lowest BCUT2D eigenvalue weighted by atomic mass is 9.98. The summed E-state index contributed by atoms with van der Waals surface area (Å²) in [4.78, 5) is 2.42. The molecule has 10 aromatic rings. The summed E-state index contributed by atoms with van der Waals surface area (Å²) in [6, 6.07) is 64.4. The van der Waals surface area contributed by atoms with Gasteiger partial charge in [-0.3, -0.25) is 0 Å². The number of benzene rings is 8. The van der Waals surface area contributed by atoms with E-state index in [9.17, 15) is 0 Å². The fourth-order valence-corrected chi connectivity index (χ4v) is 9.59. The van der Waals surface area contributed by atoms with Crippen LogP contribution in [0.15, 0.2) is 176 Å². The zero-order valence-electron chi connectivity index (χ0n) is 26.5. The van der Waals surface area contributed by atoms with E-state index in [1.54, 1.807) is 0 Å². The molecule has 0 atom stereocenters. The third-order valence-corrected chi connectivity index (χ3v) is 11.9. The van der Waals surface area contributed by atoms with E-state index in [0.29, 0.717) is 0 Å². The summed E-state index contributed by atoms with van der Waals surface area (Å²) in [6.07, 6.45) is 0. The van der Waals surface area contributed by atoms with Crippen molar-refractivity contribution in [1.82, 2.24) is 0 Å². The van der Waals surface area contributed by atoms with Gasteiger partial charge < -0.3 is 4.90 Å². The minimum atomic E-state index is 1.13. The fourth-order valence-electron chi connectivity index (χ4n) is 7.34. The Balaban J connectivity index is 1.09. The highest BCUT2D eigenvalue weighted by Gasteiger charge is 2.19. The maximum Gasteiger partial charge on any atom is 0.0554 e. The smallest absolute Gasteiger partial charge is 0.0554 e. The lowest BCUT2D eigenvalue weighted by Crippen LogP contribution is -2.10. The lowest BCUT2D eigenvalue weighted by molar-refractivity contribution is 1.30. The second kappa shape index (κ2) is 11.5. The van der Waals surface area contributed by atoms with Gasteiger partial charge in [-0.25, -0.2) is 0 Å². The third-order valence-electron chi connectivity index (χ3n) is 9.67. The second-order valence-corrected chi connectivity index (χ2v) is 14.7. The molecule has 230 valence electrons. The maximum atomic E-state index is 2.42. The first-order valence-corrected chi connectivity index (χ1v) is 18.2. The molecule has 0 aliphatic heterocycles. The molecular formula is C46H29NS2. The molecule has 0 unspecified atom stereocenters. The topological polar surface area (TPSA) is 3.24 Å². The number of thiophene rings is 2. The molecule has 0 saturated carbocycles. The highest BCUT2D eigenvalue weighted by molar-refractivity contribution is 7.26. The number of fused-ring (bicyclic) bond motifs is 8. The Morgan fingerprint density at radius 2 is 0.857 bits per heavy atom. The van der Waals surface area contributed by atoms with Crippen molar-refractivity contribution in [3.63, 3.8) is 0 Å². The fraction of sp³-hybridized carbons (Fsp3) is 0. The standard InChI is InChI=1S/C46H29NS2/c1-2-9-30(10-3-1)31-17-23-35(24-18-31)47(40-13-8-16-43-46(40)39-12-5-7-15-42(39)48-43)36-25-19-32(20-26-36)33-21-27-37-34(29-33)22-28-44-45(37)38-11-4-6-14-41(38)49-44/h1-29H. The van der Waals surface area contributed by atoms with Crippen LogP contribution < -0.4 is 4.90 Å². The van der Waals surface area contributed by atoms with E-state index in [1.165, 1.54) is 79.1 Å². The van der Waals surface area contributed by atoms with Crippen molar-refractivity contribution in [3.05, 3.63) is 176 Å². The molecule has 0 saturated heterocycles. The highest BCUT2D eigenvalue weighted by Crippen LogP contribution is 2.45. The van der Waals surface area contributed by atoms with Crippen LogP contribution in [-0.4, -0.2) is 0 Å². The third kappa shape index (κ3) is 4.74. The molecular weight excluding hydrogens is 631 g/mol. The van der Waals surface area contributed by atoms with Crippen molar-refractivity contribution in [3.8, 4) is 22.3 Å². The number of rotatable bonds is 5. The first-order valence-electron chi connectivity index (χ1n) is 16.6. The van der Waals surface area contributed by atoms with Crippen LogP contribution in [-0.2, 0) is 0 Å². The summed E-state index contributed by atoms with van der Waals surface area (Å²) in [5.74, 6) is 0. The van der Waals surface area contributed by atoms with Gasteiger partial charge in [0.2, 0.25) is 0 Å². The normalized spacial score (nSPS) is 11.7. The molecule has 0 spiro atoms. The number of anilines is 3. The molecule has 0 fully saturated rings. The Bertz CT molecular complexity index is 2810. The van der Waals surface area contributed by atoms with E-state index in [0.717, 1.165) is 11.4 Å². The van der Waals surface area contributed by atoms with Gasteiger partial charge >= 0.3 is 0 Å². The molecule has 0 radical (unpaired) electrons. The number of hydrogen-bond acceptors (Lipinski definition) is 3. The van der Waals surface area contributed by atoms with Crippen LogP contribution in [0.2, 0.25) is 0 Å². The zero-order valence-corrected chi connectivity index (χ0v) is 28.1. The van der Waals surface area contributed by atoms with E-state index >= 15 is 0 Å². The quantitative estimate of drug-likeness (QED) is 0.178. The Labute approximate surface area is 292 Å². The first kappa shape index (κ1) is 28.3. The lowest BCUT2D eigenvalue weighted by Gasteiger charge is -2.27. The largest absolute Gasteiger partial charge is 0.310 e. The Morgan fingerprint density at radius 1 is 0.327 bits per heavy atom. The summed E-state index contributed by atoms with van der Waals surface area (Å²) in [6.45, 7) is 0. The molecule has 0 N–H and O–H groups in total. The number of nitrogens with zero attached hydrogens (tertiary/aromatic N) is 1. The second-order valence-electron chi connectivity index (χ2n) is 12.5. The van der Waals surface area contributed by atoms with Crippen LogP contribution >= 0.6 is 22.7 Å². The Hall–Kier alpha value is -5.74. The average molecular weight is 660 g/mol. The van der Waals surface area contributed by atoms with Gasteiger partial charge in [-0.2, -0.15) is 0 Å². The van der Waals surface area contributed by atoms with Gasteiger partial charge in [-0.1, -0.05) is 115 Å². The molecule has 2 aromatic heterocycles. The van der Waals surface area contributed by atoms with Crippen LogP contribution in [0.1, 0.15) is 0 Å². The zero-order chi connectivity index (χ0) is 32.3. The molecule has 49 heavy (non-hydrogen) atoms. The minimum absolute atomic E-state index is 1.13. The van der Waals surface area contributed by atoms with Crippen molar-refractivity contribution in [2.24, 2.45) is 0 Å². The summed E-state index contributed by atoms with van der Waals surface area (Å²) < 4.78 is 5.29. The predicted molar refractivity (Wildman–Crippen MR) is 215 cm³/mol. The van der Waals surface area contributed by atoms with Gasteiger partial charge in [0.15, 0.2) is 0 Å². The molecule has 1 nitrogen and oxygen atoms in total. The van der Waals surface area contributed by atoms with Crippen LogP contribution in [0.25, 0.3) is 73.4 Å². The van der Waals surface area contributed by atoms with E-state index in [2.05, 4.69) is 181 Å². The molecule has 0 bridgehead atoms. The Morgan fingerprint density at radius 3 is 1.55 bits per heavy atom. The Kier molecular flexibility index (Phi) is 6.61. The van der Waals surface area contributed by atoms with E-state index in [4.69, 9.17) is 0 Å². The summed E-state index contributed by atoms with van der Waals surface area (Å²) in [7, 11) is 0. The summed E-state index contributed by atoms with van der Waals surface area (Å²) in [5.41, 5.74) is 8.32. The molecule has 2 heterocycles. The van der Waals surface area contributed by atoms with Gasteiger partial charge in [0.1, 0.15) is 0 Å². The van der Waals surface area contributed by atoms with Gasteiger partial charge in [0.25, 0.3) is 0 Å². The monoisotopic (exact) mass is 659 g/mol. The summed E-state index contributed by atoms with van der Waals surface area (Å²) in [5, 5.41) is 7.88. The van der Waals surface area contributed by atoms with Crippen molar-refractivity contribution in [2.75, 3.05) is 4.90 Å². The molecule has 10 rings (SSSR count). The van der Waals surface area contributed by atoms with Crippen LogP contribution in [0.5, 0.6) is 0 Å². The van der Waals surface area contributed by atoms with Gasteiger partial charge in [0, 0.05) is 51.7 Å². The maximum absolute atomic E-state index is 2.42. The van der Waals surface area contributed by atoms with Crippen molar-refractivity contribution in [1.29, 1.82) is 0 Å². The minimum Gasteiger partial charge on any atom is -0.310 e. The van der Waals surface area contributed by atoms with Crippen LogP contribution in [0.4, 0.5) is 17.1 Å². The van der Waals surface area contributed by atoms with Crippen LogP contribution in [0, 0.1) is 0 Å². The van der Waals surface area contributed by atoms with Crippen LogP contribution in [0.3, 0.4) is 0 Å². The van der Waals surface area contributed by atoms with Gasteiger partial charge in [-0.15, -0.1) is 22.7 Å². The number of hydrogen-bond donors (Lipinski definition) is 0. The van der Waals surface area contributed by atoms with Gasteiger partial charge in [0.05, 0.1) is 5.69 Å². The van der Waals surface area contributed by atoms with E-state index in [1.807, 2.05) is 22.7 Å². The average Bonchev–Trinajstić information content (AvgIpc) is 3.75. The van der Waals surface area contributed by atoms with E-state index in [-0.39, 0.29) is 0 Å². The first-order chi connectivity index (χ1) is 24.3. The molecule has 8 aromatic carbocycles. The van der Waals surface area contributed by atoms with Crippen molar-refractivity contribution in [2.45, 2.75) is 0 Å². The molecule has 3 heteroatoms. The van der Waals surface area contributed by atoms with Gasteiger partial charge in [-0.05, 0) is 93.7 Å². The highest BCUT2D eigenvalue weighted by atomic mass is 32.1. The van der Waals surface area contributed by atoms with Crippen molar-refractivity contribution >= 4 is 90.9 Å². The SMILES string of the molecule is c1ccc(-c2ccc(N(c3ccc(-c4ccc5c(ccc6sc7ccccc7c65)c4)cc3)c3cccc4sc5ccccc5c34)cc2)cc1. The van der Waals surface area contributed by atoms with E-state index < -0.39 is 0 Å². The predicted octanol–water partition coefficient (Wildman–Crippen LogP) is 14.4. The molecule has 0 amide bonds. The molecule has 0 aliphatic carbocycles. The van der Waals surface area contributed by atoms with Crippen molar-refractivity contribution < 1.29 is 0 Å².